The number of hydrogen-bond donors (Lipinski definition) is 4. The first kappa shape index (κ1) is 39.6. The van der Waals surface area contributed by atoms with E-state index in [2.05, 4.69) is 48.5 Å². The van der Waals surface area contributed by atoms with Crippen molar-refractivity contribution in [3.8, 4) is 28.1 Å². The van der Waals surface area contributed by atoms with Crippen molar-refractivity contribution in [3.63, 3.8) is 0 Å². The number of ether oxygens (including phenoxy) is 3. The molecular weight excluding hydrogens is 716 g/mol. The van der Waals surface area contributed by atoms with Crippen molar-refractivity contribution in [2.24, 2.45) is 5.92 Å². The molecule has 0 spiro atoms. The maximum Gasteiger partial charge on any atom is 0.407 e. The van der Waals surface area contributed by atoms with Crippen LogP contribution in [0.2, 0.25) is 0 Å². The zero-order chi connectivity index (χ0) is 40.1. The number of nitrogens with one attached hydrogen (secondary N) is 4. The summed E-state index contributed by atoms with van der Waals surface area (Å²) in [4.78, 5) is 69.7. The molecule has 0 aliphatic carbocycles. The highest BCUT2D eigenvalue weighted by atomic mass is 16.5. The minimum absolute atomic E-state index is 0.0733. The number of nitrogens with zero attached hydrogens (tertiary/aromatic N) is 4. The fourth-order valence-corrected chi connectivity index (χ4v) is 6.98. The predicted octanol–water partition coefficient (Wildman–Crippen LogP) is 6.27. The van der Waals surface area contributed by atoms with E-state index in [0.29, 0.717) is 31.2 Å². The Hall–Kier alpha value is -6.12. The molecule has 56 heavy (non-hydrogen) atoms. The Bertz CT molecular complexity index is 2250. The van der Waals surface area contributed by atoms with Crippen LogP contribution in [0.1, 0.15) is 64.7 Å². The molecule has 15 nitrogen and oxygen atoms in total. The number of carbonyl (C=O) groups excluding carboxylic acids is 4. The highest BCUT2D eigenvalue weighted by molar-refractivity contribution is 6.07. The maximum atomic E-state index is 13.5. The lowest BCUT2D eigenvalue weighted by molar-refractivity contribution is -0.135. The second-order valence-corrected chi connectivity index (χ2v) is 14.5. The van der Waals surface area contributed by atoms with E-state index in [1.165, 1.54) is 14.2 Å². The number of H-pyrrole nitrogens is 2. The summed E-state index contributed by atoms with van der Waals surface area (Å²) in [7, 11) is 2.53. The van der Waals surface area contributed by atoms with Crippen LogP contribution in [0.15, 0.2) is 48.7 Å². The number of alkyl carbamates (subject to hydrolysis) is 2. The number of hydrogen-bond acceptors (Lipinski definition) is 9. The monoisotopic (exact) mass is 766 g/mol. The lowest BCUT2D eigenvalue weighted by Crippen LogP contribution is -2.49. The Balaban J connectivity index is 1.22. The number of imidazole rings is 2. The fourth-order valence-electron chi connectivity index (χ4n) is 6.98. The van der Waals surface area contributed by atoms with Crippen LogP contribution in [0.5, 0.6) is 5.75 Å². The van der Waals surface area contributed by atoms with Gasteiger partial charge in [0.05, 0.1) is 50.2 Å². The highest BCUT2D eigenvalue weighted by Gasteiger charge is 2.27. The predicted molar refractivity (Wildman–Crippen MR) is 212 cm³/mol. The van der Waals surface area contributed by atoms with Crippen LogP contribution in [0.4, 0.5) is 9.59 Å². The van der Waals surface area contributed by atoms with Crippen LogP contribution >= 0.6 is 0 Å². The molecule has 3 heterocycles. The second kappa shape index (κ2) is 17.1. The number of rotatable bonds is 14. The van der Waals surface area contributed by atoms with E-state index in [-0.39, 0.29) is 43.4 Å². The Morgan fingerprint density at radius 1 is 0.911 bits per heavy atom. The van der Waals surface area contributed by atoms with Gasteiger partial charge in [0.15, 0.2) is 0 Å². The minimum atomic E-state index is -0.703. The van der Waals surface area contributed by atoms with Crippen molar-refractivity contribution in [2.45, 2.75) is 79.2 Å². The normalized spacial score (nSPS) is 13.0. The van der Waals surface area contributed by atoms with Gasteiger partial charge in [0, 0.05) is 23.5 Å². The van der Waals surface area contributed by atoms with E-state index < -0.39 is 18.2 Å². The van der Waals surface area contributed by atoms with Crippen LogP contribution in [-0.2, 0) is 38.8 Å². The largest absolute Gasteiger partial charge is 0.488 e. The molecule has 15 heteroatoms. The van der Waals surface area contributed by atoms with Crippen molar-refractivity contribution in [3.05, 3.63) is 65.9 Å². The van der Waals surface area contributed by atoms with Crippen LogP contribution < -0.4 is 15.4 Å². The summed E-state index contributed by atoms with van der Waals surface area (Å²) in [6, 6.07) is 13.7. The maximum absolute atomic E-state index is 13.5. The minimum Gasteiger partial charge on any atom is -0.488 e. The van der Waals surface area contributed by atoms with Gasteiger partial charge in [-0.3, -0.25) is 9.59 Å². The molecule has 2 atom stereocenters. The second-order valence-electron chi connectivity index (χ2n) is 14.5. The van der Waals surface area contributed by atoms with Gasteiger partial charge >= 0.3 is 12.2 Å². The molecule has 4 amide bonds. The molecule has 5 aromatic rings. The number of carbonyl (C=O) groups is 4. The van der Waals surface area contributed by atoms with Gasteiger partial charge in [-0.05, 0) is 72.0 Å². The first-order valence-electron chi connectivity index (χ1n) is 18.9. The van der Waals surface area contributed by atoms with Crippen LogP contribution in [0.25, 0.3) is 44.2 Å². The smallest absolute Gasteiger partial charge is 0.407 e. The SMILES string of the molecule is CC[C@H](NC(=O)OC)C(=O)N(Cc1ncc(-c2ccc3c(c2)COc2cc4c(ccc5[nH]c(CN(C(=O)CNC(=O)OC)[C@@H](C)CC)nc54)cc2-3)[nH]1)CC(C)C. The summed E-state index contributed by atoms with van der Waals surface area (Å²) in [6.07, 6.45) is 1.63. The summed E-state index contributed by atoms with van der Waals surface area (Å²) in [5.74, 6) is 1.81. The Morgan fingerprint density at radius 2 is 1.70 bits per heavy atom. The zero-order valence-corrected chi connectivity index (χ0v) is 32.9. The molecule has 296 valence electrons. The Morgan fingerprint density at radius 3 is 2.41 bits per heavy atom. The Labute approximate surface area is 325 Å². The van der Waals surface area contributed by atoms with Crippen molar-refractivity contribution in [2.75, 3.05) is 27.3 Å². The van der Waals surface area contributed by atoms with E-state index >= 15 is 0 Å². The molecule has 1 aliphatic heterocycles. The summed E-state index contributed by atoms with van der Waals surface area (Å²) in [6.45, 7) is 11.1. The van der Waals surface area contributed by atoms with Crippen LogP contribution in [0, 0.1) is 5.92 Å². The topological polar surface area (TPSA) is 184 Å². The van der Waals surface area contributed by atoms with E-state index in [0.717, 1.165) is 61.9 Å². The molecule has 0 saturated heterocycles. The molecule has 0 fully saturated rings. The molecule has 0 bridgehead atoms. The summed E-state index contributed by atoms with van der Waals surface area (Å²) in [5, 5.41) is 7.04. The number of methoxy groups -OCH3 is 2. The number of fused-ring (bicyclic) bond motifs is 6. The average molecular weight is 767 g/mol. The first-order valence-corrected chi connectivity index (χ1v) is 18.9. The zero-order valence-electron chi connectivity index (χ0n) is 32.9. The van der Waals surface area contributed by atoms with Gasteiger partial charge < -0.3 is 44.6 Å². The molecule has 1 aliphatic rings. The molecule has 0 saturated carbocycles. The molecule has 0 radical (unpaired) electrons. The van der Waals surface area contributed by atoms with E-state index in [9.17, 15) is 19.2 Å². The van der Waals surface area contributed by atoms with Gasteiger partial charge in [-0.25, -0.2) is 19.6 Å². The van der Waals surface area contributed by atoms with Crippen molar-refractivity contribution < 1.29 is 33.4 Å². The van der Waals surface area contributed by atoms with Gasteiger partial charge in [-0.2, -0.15) is 0 Å². The Kier molecular flexibility index (Phi) is 12.1. The summed E-state index contributed by atoms with van der Waals surface area (Å²) >= 11 is 0. The number of aromatic amines is 2. The first-order chi connectivity index (χ1) is 26.9. The molecule has 6 rings (SSSR count). The van der Waals surface area contributed by atoms with Gasteiger partial charge in [0.2, 0.25) is 11.8 Å². The highest BCUT2D eigenvalue weighted by Crippen LogP contribution is 2.42. The lowest BCUT2D eigenvalue weighted by Gasteiger charge is -2.28. The van der Waals surface area contributed by atoms with Gasteiger partial charge in [0.25, 0.3) is 0 Å². The van der Waals surface area contributed by atoms with Crippen molar-refractivity contribution in [1.29, 1.82) is 0 Å². The van der Waals surface area contributed by atoms with Crippen LogP contribution in [0.3, 0.4) is 0 Å². The van der Waals surface area contributed by atoms with E-state index in [4.69, 9.17) is 14.5 Å². The summed E-state index contributed by atoms with van der Waals surface area (Å²) < 4.78 is 15.7. The average Bonchev–Trinajstić information content (AvgIpc) is 3.86. The molecule has 0 unspecified atom stereocenters. The number of benzene rings is 3. The third-order valence-electron chi connectivity index (χ3n) is 10.1. The molecule has 2 aromatic heterocycles. The van der Waals surface area contributed by atoms with Gasteiger partial charge in [-0.1, -0.05) is 45.9 Å². The van der Waals surface area contributed by atoms with E-state index in [1.54, 1.807) is 16.0 Å². The third-order valence-corrected chi connectivity index (χ3v) is 10.1. The standard InChI is InChI=1S/C41H50N8O7/c1-8-24(5)49(37(50)18-43-40(52)54-6)21-36-44-32-13-11-25-15-30-28-12-10-26(14-27(28)22-56-34(30)16-29(25)38(32)47-36)33-17-42-35(45-33)20-48(19-23(3)4)39(51)31(9-2)46-41(53)55-7/h10-17,23-24,31H,8-9,18-22H2,1-7H3,(H,42,45)(H,43,52)(H,44,47)(H,46,53)/t24-,31-/m0/s1. The fraction of sp³-hybridized carbons (Fsp3) is 0.415. The van der Waals surface area contributed by atoms with Crippen molar-refractivity contribution >= 4 is 45.8 Å². The molecule has 3 aromatic carbocycles. The van der Waals surface area contributed by atoms with E-state index in [1.807, 2.05) is 58.9 Å². The molecule has 4 N–H and O–H groups in total. The lowest BCUT2D eigenvalue weighted by atomic mass is 9.92. The number of aromatic nitrogens is 4. The van der Waals surface area contributed by atoms with Gasteiger partial charge in [0.1, 0.15) is 36.6 Å². The number of amides is 4. The van der Waals surface area contributed by atoms with Crippen LogP contribution in [-0.4, -0.2) is 93.1 Å². The molecular formula is C41H50N8O7. The quantitative estimate of drug-likeness (QED) is 0.101. The summed E-state index contributed by atoms with van der Waals surface area (Å²) in [5.41, 5.74) is 6.45. The van der Waals surface area contributed by atoms with Gasteiger partial charge in [-0.15, -0.1) is 0 Å². The third kappa shape index (κ3) is 8.56. The van der Waals surface area contributed by atoms with Crippen molar-refractivity contribution in [1.82, 2.24) is 40.4 Å².